The Morgan fingerprint density at radius 1 is 1.26 bits per heavy atom. The average molecular weight is 429 g/mol. The Balaban J connectivity index is 1.72. The number of Topliss-reactive ketones (excluding diaryl/α,β-unsaturated/α-hetero) is 1. The Kier molecular flexibility index (Phi) is 7.38. The number of hydrogen-bond acceptors (Lipinski definition) is 3. The molecule has 3 aliphatic carbocycles. The second-order valence-electron chi connectivity index (χ2n) is 11.9. The molecule has 0 spiro atoms. The van der Waals surface area contributed by atoms with Crippen molar-refractivity contribution in [2.75, 3.05) is 0 Å². The molecular formula is C28H44O3. The normalized spacial score (nSPS) is 37.8. The lowest BCUT2D eigenvalue weighted by molar-refractivity contribution is -0.126. The van der Waals surface area contributed by atoms with Gasteiger partial charge in [-0.15, -0.1) is 0 Å². The largest absolute Gasteiger partial charge is 0.393 e. The minimum absolute atomic E-state index is 0.236. The van der Waals surface area contributed by atoms with E-state index in [-0.39, 0.29) is 5.41 Å². The predicted molar refractivity (Wildman–Crippen MR) is 128 cm³/mol. The molecule has 0 aromatic rings. The van der Waals surface area contributed by atoms with E-state index in [0.29, 0.717) is 48.2 Å². The third-order valence-corrected chi connectivity index (χ3v) is 8.65. The van der Waals surface area contributed by atoms with Crippen LogP contribution in [-0.4, -0.2) is 28.2 Å². The van der Waals surface area contributed by atoms with E-state index < -0.39 is 12.2 Å². The van der Waals surface area contributed by atoms with Crippen LogP contribution in [0.15, 0.2) is 35.5 Å². The summed E-state index contributed by atoms with van der Waals surface area (Å²) >= 11 is 0. The Labute approximate surface area is 189 Å². The van der Waals surface area contributed by atoms with Gasteiger partial charge in [-0.25, -0.2) is 0 Å². The van der Waals surface area contributed by atoms with Gasteiger partial charge in [0.15, 0.2) is 0 Å². The van der Waals surface area contributed by atoms with E-state index in [9.17, 15) is 15.0 Å². The van der Waals surface area contributed by atoms with Gasteiger partial charge in [0.1, 0.15) is 5.78 Å². The summed E-state index contributed by atoms with van der Waals surface area (Å²) in [6.07, 6.45) is 12.1. The second-order valence-corrected chi connectivity index (χ2v) is 11.9. The van der Waals surface area contributed by atoms with E-state index in [1.807, 2.05) is 20.8 Å². The van der Waals surface area contributed by atoms with E-state index in [1.54, 1.807) is 0 Å². The highest BCUT2D eigenvalue weighted by molar-refractivity contribution is 5.83. The molecule has 3 saturated carbocycles. The van der Waals surface area contributed by atoms with Gasteiger partial charge in [0.25, 0.3) is 0 Å². The van der Waals surface area contributed by atoms with E-state index in [4.69, 9.17) is 0 Å². The van der Waals surface area contributed by atoms with Gasteiger partial charge in [-0.3, -0.25) is 4.79 Å². The molecule has 3 rings (SSSR count). The Morgan fingerprint density at radius 3 is 2.65 bits per heavy atom. The van der Waals surface area contributed by atoms with Crippen molar-refractivity contribution in [1.82, 2.24) is 0 Å². The van der Waals surface area contributed by atoms with Gasteiger partial charge in [-0.2, -0.15) is 0 Å². The van der Waals surface area contributed by atoms with Crippen LogP contribution < -0.4 is 0 Å². The third kappa shape index (κ3) is 5.25. The van der Waals surface area contributed by atoms with E-state index in [0.717, 1.165) is 24.0 Å². The van der Waals surface area contributed by atoms with Gasteiger partial charge in [-0.05, 0) is 79.3 Å². The lowest BCUT2D eigenvalue weighted by atomic mass is 9.60. The zero-order valence-corrected chi connectivity index (χ0v) is 20.4. The van der Waals surface area contributed by atoms with Crippen molar-refractivity contribution < 1.29 is 15.0 Å². The molecular weight excluding hydrogens is 384 g/mol. The minimum atomic E-state index is -0.627. The van der Waals surface area contributed by atoms with E-state index in [2.05, 4.69) is 32.6 Å². The number of hydrogen-bond donors (Lipinski definition) is 2. The molecule has 0 aromatic heterocycles. The van der Waals surface area contributed by atoms with Crippen molar-refractivity contribution in [2.45, 2.75) is 105 Å². The van der Waals surface area contributed by atoms with Crippen molar-refractivity contribution in [3.05, 3.63) is 35.5 Å². The molecule has 3 nitrogen and oxygen atoms in total. The molecule has 2 unspecified atom stereocenters. The van der Waals surface area contributed by atoms with Crippen molar-refractivity contribution in [2.24, 2.45) is 28.6 Å². The summed E-state index contributed by atoms with van der Waals surface area (Å²) < 4.78 is 0. The zero-order valence-electron chi connectivity index (χ0n) is 20.4. The van der Waals surface area contributed by atoms with Gasteiger partial charge < -0.3 is 10.2 Å². The Hall–Kier alpha value is -1.19. The highest BCUT2D eigenvalue weighted by Crippen LogP contribution is 2.60. The van der Waals surface area contributed by atoms with Crippen LogP contribution in [0, 0.1) is 28.6 Å². The summed E-state index contributed by atoms with van der Waals surface area (Å²) in [6, 6.07) is 0. The lowest BCUT2D eigenvalue weighted by Gasteiger charge is -2.44. The summed E-state index contributed by atoms with van der Waals surface area (Å²) in [5.74, 6) is 2.24. The molecule has 0 aliphatic heterocycles. The van der Waals surface area contributed by atoms with Crippen LogP contribution in [-0.2, 0) is 4.79 Å². The van der Waals surface area contributed by atoms with Crippen molar-refractivity contribution in [3.63, 3.8) is 0 Å². The first kappa shape index (κ1) is 24.5. The molecule has 0 bridgehead atoms. The van der Waals surface area contributed by atoms with Gasteiger partial charge in [0, 0.05) is 18.3 Å². The number of fused-ring (bicyclic) bond motifs is 1. The van der Waals surface area contributed by atoms with Gasteiger partial charge in [0.05, 0.1) is 12.2 Å². The maximum Gasteiger partial charge on any atom is 0.138 e. The van der Waals surface area contributed by atoms with E-state index in [1.165, 1.54) is 31.3 Å². The fraction of sp³-hybridized carbons (Fsp3) is 0.750. The van der Waals surface area contributed by atoms with Crippen molar-refractivity contribution in [1.29, 1.82) is 0 Å². The van der Waals surface area contributed by atoms with E-state index >= 15 is 0 Å². The fourth-order valence-electron chi connectivity index (χ4n) is 6.61. The van der Waals surface area contributed by atoms with Crippen LogP contribution in [0.5, 0.6) is 0 Å². The maximum absolute atomic E-state index is 12.4. The highest BCUT2D eigenvalue weighted by Gasteiger charge is 2.50. The Bertz CT molecular complexity index is 753. The fourth-order valence-corrected chi connectivity index (χ4v) is 6.61. The third-order valence-electron chi connectivity index (χ3n) is 8.65. The topological polar surface area (TPSA) is 57.5 Å². The molecule has 3 heteroatoms. The number of rotatable bonds is 5. The van der Waals surface area contributed by atoms with Crippen LogP contribution in [0.3, 0.4) is 0 Å². The summed E-state index contributed by atoms with van der Waals surface area (Å²) in [5.41, 5.74) is 3.37. The molecule has 0 aromatic carbocycles. The number of ketones is 1. The summed E-state index contributed by atoms with van der Waals surface area (Å²) in [5, 5.41) is 20.2. The van der Waals surface area contributed by atoms with Gasteiger partial charge in [-0.1, -0.05) is 58.9 Å². The molecule has 6 atom stereocenters. The molecule has 0 saturated heterocycles. The molecule has 0 amide bonds. The van der Waals surface area contributed by atoms with Gasteiger partial charge in [0.2, 0.25) is 0 Å². The summed E-state index contributed by atoms with van der Waals surface area (Å²) in [4.78, 5) is 12.4. The number of aliphatic hydroxyl groups is 2. The number of carbonyl (C=O) groups is 1. The number of allylic oxidation sites excluding steroid dienone is 3. The standard InChI is InChI=1S/C28H44O3/c1-18(9-14-26(31)27(3,4)5)23-12-13-24-20(8-7-15-28(23,24)6)10-11-21-16-22(29)17-25(30)19(21)2/h10-11,18,22-25,29-30H,2,7-9,12-17H2,1,3-6H3/b20-10+,21-11-/t18-,22-,23?,24?,25+,28-/m1/s1. The zero-order chi connectivity index (χ0) is 23.0. The highest BCUT2D eigenvalue weighted by atomic mass is 16.3. The molecule has 3 aliphatic rings. The van der Waals surface area contributed by atoms with Crippen LogP contribution in [0.25, 0.3) is 0 Å². The molecule has 31 heavy (non-hydrogen) atoms. The lowest BCUT2D eigenvalue weighted by Crippen LogP contribution is -2.36. The Morgan fingerprint density at radius 2 is 1.97 bits per heavy atom. The van der Waals surface area contributed by atoms with Crippen LogP contribution in [0.4, 0.5) is 0 Å². The SMILES string of the molecule is C=C1/C(=C\C=C2/CCC[C@@]3(C)C2CCC3[C@H](C)CCC(=O)C(C)(C)C)C[C@@H](O)C[C@@H]1O. The average Bonchev–Trinajstić information content (AvgIpc) is 3.04. The second kappa shape index (κ2) is 9.35. The molecule has 3 fully saturated rings. The van der Waals surface area contributed by atoms with Crippen LogP contribution in [0.2, 0.25) is 0 Å². The predicted octanol–water partition coefficient (Wildman–Crippen LogP) is 6.16. The first-order chi connectivity index (χ1) is 14.4. The smallest absolute Gasteiger partial charge is 0.138 e. The quantitative estimate of drug-likeness (QED) is 0.551. The monoisotopic (exact) mass is 428 g/mol. The summed E-state index contributed by atoms with van der Waals surface area (Å²) in [6.45, 7) is 15.0. The number of carbonyl (C=O) groups excluding carboxylic acids is 1. The first-order valence-electron chi connectivity index (χ1n) is 12.4. The summed E-state index contributed by atoms with van der Waals surface area (Å²) in [7, 11) is 0. The van der Waals surface area contributed by atoms with Crippen LogP contribution in [0.1, 0.15) is 92.4 Å². The van der Waals surface area contributed by atoms with Gasteiger partial charge >= 0.3 is 0 Å². The molecule has 0 heterocycles. The first-order valence-corrected chi connectivity index (χ1v) is 12.4. The number of aliphatic hydroxyl groups excluding tert-OH is 2. The minimum Gasteiger partial charge on any atom is -0.393 e. The van der Waals surface area contributed by atoms with Crippen LogP contribution >= 0.6 is 0 Å². The van der Waals surface area contributed by atoms with Crippen molar-refractivity contribution >= 4 is 5.78 Å². The maximum atomic E-state index is 12.4. The molecule has 0 radical (unpaired) electrons. The van der Waals surface area contributed by atoms with Crippen molar-refractivity contribution in [3.8, 4) is 0 Å². The molecule has 2 N–H and O–H groups in total. The molecule has 174 valence electrons.